The molecule has 1 aromatic heterocycles. The Labute approximate surface area is 210 Å². The van der Waals surface area contributed by atoms with E-state index in [9.17, 15) is 31.9 Å². The zero-order valence-electron chi connectivity index (χ0n) is 20.1. The Morgan fingerprint density at radius 3 is 2.64 bits per heavy atom. The standard InChI is InChI=1S/C24H29F5N2O4S/c1-23(2,3)14-7-24(21(32)33,13-34-11-19(26)27)12-31(9-14)10-16-8-30-20(36-16)17-6-15(25)4-5-18(17)35-22(28)29/h4-6,8,14,19,22H,7,9-13H2,1-3H3,(H,32,33)/t14-,24-/m1/s1. The van der Waals surface area contributed by atoms with Crippen LogP contribution in [0.15, 0.2) is 24.4 Å². The number of benzene rings is 1. The van der Waals surface area contributed by atoms with Crippen molar-refractivity contribution >= 4 is 17.3 Å². The average molecular weight is 537 g/mol. The Hall–Kier alpha value is -2.31. The fourth-order valence-electron chi connectivity index (χ4n) is 4.36. The van der Waals surface area contributed by atoms with Crippen LogP contribution >= 0.6 is 11.3 Å². The van der Waals surface area contributed by atoms with Crippen LogP contribution < -0.4 is 4.74 Å². The minimum absolute atomic E-state index is 0.0702. The molecule has 1 N–H and O–H groups in total. The molecular weight excluding hydrogens is 507 g/mol. The molecular formula is C24H29F5N2O4S. The molecule has 0 bridgehead atoms. The highest BCUT2D eigenvalue weighted by atomic mass is 32.1. The first-order valence-electron chi connectivity index (χ1n) is 11.3. The summed E-state index contributed by atoms with van der Waals surface area (Å²) in [4.78, 5) is 19.2. The first-order chi connectivity index (χ1) is 16.8. The molecule has 3 rings (SSSR count). The largest absolute Gasteiger partial charge is 0.481 e. The molecule has 0 spiro atoms. The monoisotopic (exact) mass is 536 g/mol. The molecule has 200 valence electrons. The Bertz CT molecular complexity index is 1050. The Morgan fingerprint density at radius 2 is 2.03 bits per heavy atom. The third-order valence-corrected chi connectivity index (χ3v) is 7.28. The summed E-state index contributed by atoms with van der Waals surface area (Å²) < 4.78 is 74.3. The Kier molecular flexibility index (Phi) is 8.94. The summed E-state index contributed by atoms with van der Waals surface area (Å²) in [6.07, 6.45) is -0.906. The highest BCUT2D eigenvalue weighted by Gasteiger charge is 2.48. The van der Waals surface area contributed by atoms with Crippen molar-refractivity contribution in [2.45, 2.75) is 46.8 Å². The van der Waals surface area contributed by atoms with E-state index in [1.807, 2.05) is 25.7 Å². The average Bonchev–Trinajstić information content (AvgIpc) is 3.21. The van der Waals surface area contributed by atoms with Crippen LogP contribution in [-0.2, 0) is 16.1 Å². The zero-order valence-corrected chi connectivity index (χ0v) is 21.0. The number of likely N-dealkylation sites (tertiary alicyclic amines) is 1. The van der Waals surface area contributed by atoms with Gasteiger partial charge in [0.1, 0.15) is 28.6 Å². The number of halogens is 5. The minimum Gasteiger partial charge on any atom is -0.481 e. The van der Waals surface area contributed by atoms with E-state index in [4.69, 9.17) is 4.74 Å². The van der Waals surface area contributed by atoms with Crippen LogP contribution in [0.3, 0.4) is 0 Å². The highest BCUT2D eigenvalue weighted by molar-refractivity contribution is 7.15. The van der Waals surface area contributed by atoms with Gasteiger partial charge in [-0.2, -0.15) is 8.78 Å². The van der Waals surface area contributed by atoms with E-state index in [-0.39, 0.29) is 53.8 Å². The summed E-state index contributed by atoms with van der Waals surface area (Å²) in [5.74, 6) is -2.03. The number of thiazole rings is 1. The highest BCUT2D eigenvalue weighted by Crippen LogP contribution is 2.43. The van der Waals surface area contributed by atoms with Crippen LogP contribution in [0.2, 0.25) is 0 Å². The second kappa shape index (κ2) is 11.4. The van der Waals surface area contributed by atoms with E-state index in [2.05, 4.69) is 9.72 Å². The van der Waals surface area contributed by atoms with E-state index in [1.54, 1.807) is 0 Å². The number of alkyl halides is 4. The van der Waals surface area contributed by atoms with Gasteiger partial charge in [-0.25, -0.2) is 18.2 Å². The minimum atomic E-state index is -3.09. The summed E-state index contributed by atoms with van der Waals surface area (Å²) in [5, 5.41) is 10.4. The van der Waals surface area contributed by atoms with Crippen molar-refractivity contribution in [3.63, 3.8) is 0 Å². The van der Waals surface area contributed by atoms with Crippen LogP contribution in [0.4, 0.5) is 22.0 Å². The van der Waals surface area contributed by atoms with Crippen LogP contribution in [0, 0.1) is 22.6 Å². The lowest BCUT2D eigenvalue weighted by Gasteiger charge is -2.47. The lowest BCUT2D eigenvalue weighted by molar-refractivity contribution is -0.163. The number of carbonyl (C=O) groups is 1. The van der Waals surface area contributed by atoms with Gasteiger partial charge in [0.05, 0.1) is 12.2 Å². The van der Waals surface area contributed by atoms with E-state index in [0.29, 0.717) is 11.4 Å². The van der Waals surface area contributed by atoms with Gasteiger partial charge >= 0.3 is 12.6 Å². The molecule has 1 aromatic carbocycles. The molecule has 0 unspecified atom stereocenters. The maximum Gasteiger partial charge on any atom is 0.387 e. The van der Waals surface area contributed by atoms with E-state index >= 15 is 0 Å². The molecule has 1 fully saturated rings. The number of rotatable bonds is 10. The molecule has 1 saturated heterocycles. The van der Waals surface area contributed by atoms with Crippen molar-refractivity contribution in [1.82, 2.24) is 9.88 Å². The van der Waals surface area contributed by atoms with Crippen molar-refractivity contribution < 1.29 is 41.3 Å². The molecule has 2 atom stereocenters. The molecule has 12 heteroatoms. The lowest BCUT2D eigenvalue weighted by atomic mass is 9.67. The number of piperidine rings is 1. The number of hydrogen-bond acceptors (Lipinski definition) is 6. The van der Waals surface area contributed by atoms with Crippen LogP contribution in [0.25, 0.3) is 10.6 Å². The number of ether oxygens (including phenoxy) is 2. The van der Waals surface area contributed by atoms with Crippen LogP contribution in [0.1, 0.15) is 32.1 Å². The van der Waals surface area contributed by atoms with Gasteiger partial charge in [0.15, 0.2) is 0 Å². The molecule has 0 saturated carbocycles. The van der Waals surface area contributed by atoms with Gasteiger partial charge in [0.25, 0.3) is 6.43 Å². The van der Waals surface area contributed by atoms with Gasteiger partial charge in [-0.05, 0) is 36.0 Å². The third-order valence-electron chi connectivity index (χ3n) is 6.26. The quantitative estimate of drug-likeness (QED) is 0.389. The van der Waals surface area contributed by atoms with Crippen LogP contribution in [0.5, 0.6) is 5.75 Å². The van der Waals surface area contributed by atoms with Gasteiger partial charge in [-0.1, -0.05) is 20.8 Å². The summed E-state index contributed by atoms with van der Waals surface area (Å²) in [6, 6.07) is 3.18. The summed E-state index contributed by atoms with van der Waals surface area (Å²) in [7, 11) is 0. The fourth-order valence-corrected chi connectivity index (χ4v) is 5.34. The molecule has 1 aliphatic heterocycles. The molecule has 6 nitrogen and oxygen atoms in total. The Balaban J connectivity index is 1.85. The van der Waals surface area contributed by atoms with E-state index in [0.717, 1.165) is 29.5 Å². The van der Waals surface area contributed by atoms with Gasteiger partial charge in [-0.15, -0.1) is 11.3 Å². The number of carboxylic acid groups (broad SMARTS) is 1. The topological polar surface area (TPSA) is 71.9 Å². The third kappa shape index (κ3) is 7.13. The number of carboxylic acids is 1. The van der Waals surface area contributed by atoms with E-state index in [1.165, 1.54) is 6.20 Å². The number of aliphatic carboxylic acids is 1. The maximum atomic E-state index is 13.8. The summed E-state index contributed by atoms with van der Waals surface area (Å²) in [5.41, 5.74) is -1.55. The molecule has 2 aromatic rings. The molecule has 2 heterocycles. The van der Waals surface area contributed by atoms with Gasteiger partial charge < -0.3 is 14.6 Å². The molecule has 1 aliphatic rings. The zero-order chi connectivity index (χ0) is 26.7. The fraction of sp³-hybridized carbons (Fsp3) is 0.583. The summed E-state index contributed by atoms with van der Waals surface area (Å²) in [6.45, 7) is 2.62. The van der Waals surface area contributed by atoms with Crippen molar-refractivity contribution in [1.29, 1.82) is 0 Å². The number of aromatic nitrogens is 1. The SMILES string of the molecule is CC(C)(C)[C@H]1CN(Cc2cnc(-c3cc(F)ccc3OC(F)F)s2)C[C@](COCC(F)F)(C(=O)O)C1. The van der Waals surface area contributed by atoms with Crippen molar-refractivity contribution in [2.75, 3.05) is 26.3 Å². The smallest absolute Gasteiger partial charge is 0.387 e. The molecule has 0 aliphatic carbocycles. The number of nitrogens with zero attached hydrogens (tertiary/aromatic N) is 2. The Morgan fingerprint density at radius 1 is 1.31 bits per heavy atom. The predicted octanol–water partition coefficient (Wildman–Crippen LogP) is 5.77. The molecule has 0 amide bonds. The maximum absolute atomic E-state index is 13.8. The van der Waals surface area contributed by atoms with Gasteiger partial charge in [0.2, 0.25) is 0 Å². The van der Waals surface area contributed by atoms with Gasteiger partial charge in [0, 0.05) is 30.7 Å². The second-order valence-corrected chi connectivity index (χ2v) is 11.2. The number of hydrogen-bond donors (Lipinski definition) is 1. The molecule has 0 radical (unpaired) electrons. The molecule has 36 heavy (non-hydrogen) atoms. The summed E-state index contributed by atoms with van der Waals surface area (Å²) >= 11 is 1.15. The second-order valence-electron chi connectivity index (χ2n) is 10.1. The predicted molar refractivity (Wildman–Crippen MR) is 124 cm³/mol. The normalized spacial score (nSPS) is 21.3. The van der Waals surface area contributed by atoms with E-state index < -0.39 is 36.8 Å². The first kappa shape index (κ1) is 28.3. The van der Waals surface area contributed by atoms with Crippen molar-refractivity contribution in [3.05, 3.63) is 35.1 Å². The van der Waals surface area contributed by atoms with Crippen molar-refractivity contribution in [3.8, 4) is 16.3 Å². The van der Waals surface area contributed by atoms with Gasteiger partial charge in [-0.3, -0.25) is 9.69 Å². The van der Waals surface area contributed by atoms with Crippen molar-refractivity contribution in [2.24, 2.45) is 16.7 Å². The first-order valence-corrected chi connectivity index (χ1v) is 12.1. The lowest BCUT2D eigenvalue weighted by Crippen LogP contribution is -2.55. The van der Waals surface area contributed by atoms with Crippen LogP contribution in [-0.4, -0.2) is 60.3 Å².